The van der Waals surface area contributed by atoms with Crippen LogP contribution in [0.3, 0.4) is 0 Å². The normalized spacial score (nSPS) is 23.3. The van der Waals surface area contributed by atoms with Crippen LogP contribution >= 0.6 is 0 Å². The standard InChI is InChI=1S/C15H25NO/c1-4-12(5-2)9-16-10-13-6-7-15(17-13)14-8-11(14)3/h6-7,11-12,14,16H,4-5,8-10H2,1-3H3. The second-order valence-electron chi connectivity index (χ2n) is 5.44. The van der Waals surface area contributed by atoms with Gasteiger partial charge in [0, 0.05) is 5.92 Å². The van der Waals surface area contributed by atoms with Gasteiger partial charge < -0.3 is 9.73 Å². The molecule has 1 saturated carbocycles. The molecule has 1 aromatic rings. The summed E-state index contributed by atoms with van der Waals surface area (Å²) in [5.41, 5.74) is 0. The molecule has 0 saturated heterocycles. The summed E-state index contributed by atoms with van der Waals surface area (Å²) in [7, 11) is 0. The van der Waals surface area contributed by atoms with Gasteiger partial charge in [0.25, 0.3) is 0 Å². The quantitative estimate of drug-likeness (QED) is 0.774. The van der Waals surface area contributed by atoms with Crippen LogP contribution in [0.2, 0.25) is 0 Å². The van der Waals surface area contributed by atoms with Gasteiger partial charge in [0.1, 0.15) is 11.5 Å². The summed E-state index contributed by atoms with van der Waals surface area (Å²) in [6, 6.07) is 4.28. The molecule has 17 heavy (non-hydrogen) atoms. The number of hydrogen-bond donors (Lipinski definition) is 1. The molecule has 0 spiro atoms. The molecular formula is C15H25NO. The lowest BCUT2D eigenvalue weighted by Crippen LogP contribution is -2.21. The van der Waals surface area contributed by atoms with Crippen LogP contribution in [0.4, 0.5) is 0 Å². The van der Waals surface area contributed by atoms with Crippen molar-refractivity contribution in [1.82, 2.24) is 5.32 Å². The Balaban J connectivity index is 1.74. The van der Waals surface area contributed by atoms with Crippen molar-refractivity contribution in [1.29, 1.82) is 0 Å². The molecule has 2 atom stereocenters. The Morgan fingerprint density at radius 1 is 1.35 bits per heavy atom. The van der Waals surface area contributed by atoms with Crippen LogP contribution in [-0.2, 0) is 6.54 Å². The van der Waals surface area contributed by atoms with E-state index in [9.17, 15) is 0 Å². The second-order valence-corrected chi connectivity index (χ2v) is 5.44. The Hall–Kier alpha value is -0.760. The molecule has 2 heteroatoms. The molecule has 0 radical (unpaired) electrons. The van der Waals surface area contributed by atoms with Gasteiger partial charge >= 0.3 is 0 Å². The molecule has 2 rings (SSSR count). The van der Waals surface area contributed by atoms with Crippen LogP contribution in [0.1, 0.15) is 57.5 Å². The van der Waals surface area contributed by atoms with Crippen LogP contribution in [0, 0.1) is 11.8 Å². The third kappa shape index (κ3) is 3.35. The average Bonchev–Trinajstić information content (AvgIpc) is 2.89. The van der Waals surface area contributed by atoms with Gasteiger partial charge in [-0.25, -0.2) is 0 Å². The summed E-state index contributed by atoms with van der Waals surface area (Å²) >= 11 is 0. The zero-order valence-electron chi connectivity index (χ0n) is 11.3. The van der Waals surface area contributed by atoms with Crippen molar-refractivity contribution in [2.75, 3.05) is 6.54 Å². The molecule has 1 aromatic heterocycles. The molecule has 0 aliphatic heterocycles. The number of nitrogens with one attached hydrogen (secondary N) is 1. The smallest absolute Gasteiger partial charge is 0.117 e. The molecule has 0 amide bonds. The summed E-state index contributed by atoms with van der Waals surface area (Å²) in [5.74, 6) is 4.60. The fourth-order valence-corrected chi connectivity index (χ4v) is 2.38. The monoisotopic (exact) mass is 235 g/mol. The summed E-state index contributed by atoms with van der Waals surface area (Å²) in [5, 5.41) is 3.49. The van der Waals surface area contributed by atoms with Crippen molar-refractivity contribution in [3.63, 3.8) is 0 Å². The van der Waals surface area contributed by atoms with Crippen LogP contribution in [-0.4, -0.2) is 6.54 Å². The van der Waals surface area contributed by atoms with Gasteiger partial charge in [-0.2, -0.15) is 0 Å². The summed E-state index contributed by atoms with van der Waals surface area (Å²) < 4.78 is 5.86. The second kappa shape index (κ2) is 5.72. The largest absolute Gasteiger partial charge is 0.464 e. The number of furan rings is 1. The molecule has 0 bridgehead atoms. The minimum atomic E-state index is 0.697. The highest BCUT2D eigenvalue weighted by atomic mass is 16.3. The zero-order valence-corrected chi connectivity index (χ0v) is 11.3. The van der Waals surface area contributed by atoms with E-state index in [2.05, 4.69) is 38.2 Å². The molecule has 96 valence electrons. The fourth-order valence-electron chi connectivity index (χ4n) is 2.38. The molecule has 1 heterocycles. The highest BCUT2D eigenvalue weighted by Crippen LogP contribution is 2.47. The summed E-state index contributed by atoms with van der Waals surface area (Å²) in [6.07, 6.45) is 3.81. The predicted octanol–water partition coefficient (Wildman–Crippen LogP) is 3.93. The van der Waals surface area contributed by atoms with E-state index in [-0.39, 0.29) is 0 Å². The van der Waals surface area contributed by atoms with Crippen molar-refractivity contribution < 1.29 is 4.42 Å². The lowest BCUT2D eigenvalue weighted by atomic mass is 10.0. The Morgan fingerprint density at radius 2 is 2.06 bits per heavy atom. The first-order chi connectivity index (χ1) is 8.24. The maximum atomic E-state index is 5.86. The molecule has 0 aromatic carbocycles. The highest BCUT2D eigenvalue weighted by Gasteiger charge is 2.36. The van der Waals surface area contributed by atoms with Crippen molar-refractivity contribution in [2.45, 2.75) is 52.5 Å². The number of hydrogen-bond acceptors (Lipinski definition) is 2. The molecule has 1 aliphatic rings. The predicted molar refractivity (Wildman–Crippen MR) is 71.0 cm³/mol. The van der Waals surface area contributed by atoms with Crippen LogP contribution < -0.4 is 5.32 Å². The highest BCUT2D eigenvalue weighted by molar-refractivity contribution is 5.17. The Labute approximate surface area is 105 Å². The minimum absolute atomic E-state index is 0.697. The van der Waals surface area contributed by atoms with Gasteiger partial charge in [-0.15, -0.1) is 0 Å². The molecule has 2 nitrogen and oxygen atoms in total. The first-order valence-electron chi connectivity index (χ1n) is 7.03. The van der Waals surface area contributed by atoms with Gasteiger partial charge in [-0.05, 0) is 36.9 Å². The SMILES string of the molecule is CCC(CC)CNCc1ccc(C2CC2C)o1. The lowest BCUT2D eigenvalue weighted by molar-refractivity contribution is 0.409. The van der Waals surface area contributed by atoms with Gasteiger partial charge in [0.2, 0.25) is 0 Å². The molecule has 1 N–H and O–H groups in total. The topological polar surface area (TPSA) is 25.2 Å². The van der Waals surface area contributed by atoms with E-state index in [0.29, 0.717) is 5.92 Å². The van der Waals surface area contributed by atoms with E-state index < -0.39 is 0 Å². The number of rotatable bonds is 7. The maximum absolute atomic E-state index is 5.86. The molecule has 1 aliphatic carbocycles. The van der Waals surface area contributed by atoms with Crippen LogP contribution in [0.25, 0.3) is 0 Å². The Kier molecular flexibility index (Phi) is 4.27. The Bertz CT molecular complexity index is 340. The van der Waals surface area contributed by atoms with E-state index in [1.807, 2.05) is 0 Å². The summed E-state index contributed by atoms with van der Waals surface area (Å²) in [4.78, 5) is 0. The minimum Gasteiger partial charge on any atom is -0.464 e. The van der Waals surface area contributed by atoms with Gasteiger partial charge in [-0.3, -0.25) is 0 Å². The summed E-state index contributed by atoms with van der Waals surface area (Å²) in [6.45, 7) is 8.78. The van der Waals surface area contributed by atoms with Crippen molar-refractivity contribution >= 4 is 0 Å². The van der Waals surface area contributed by atoms with Gasteiger partial charge in [0.05, 0.1) is 6.54 Å². The van der Waals surface area contributed by atoms with Gasteiger partial charge in [-0.1, -0.05) is 33.6 Å². The van der Waals surface area contributed by atoms with Crippen molar-refractivity contribution in [2.24, 2.45) is 11.8 Å². The van der Waals surface area contributed by atoms with E-state index in [1.54, 1.807) is 0 Å². The van der Waals surface area contributed by atoms with E-state index in [4.69, 9.17) is 4.42 Å². The van der Waals surface area contributed by atoms with E-state index in [1.165, 1.54) is 25.0 Å². The molecule has 1 fully saturated rings. The third-order valence-electron chi connectivity index (χ3n) is 4.04. The maximum Gasteiger partial charge on any atom is 0.117 e. The van der Waals surface area contributed by atoms with E-state index in [0.717, 1.165) is 30.7 Å². The first-order valence-corrected chi connectivity index (χ1v) is 7.03. The first kappa shape index (κ1) is 12.7. The van der Waals surface area contributed by atoms with Crippen molar-refractivity contribution in [3.05, 3.63) is 23.7 Å². The molecular weight excluding hydrogens is 210 g/mol. The van der Waals surface area contributed by atoms with E-state index >= 15 is 0 Å². The lowest BCUT2D eigenvalue weighted by Gasteiger charge is -2.12. The van der Waals surface area contributed by atoms with Crippen LogP contribution in [0.5, 0.6) is 0 Å². The zero-order chi connectivity index (χ0) is 12.3. The van der Waals surface area contributed by atoms with Gasteiger partial charge in [0.15, 0.2) is 0 Å². The van der Waals surface area contributed by atoms with Crippen LogP contribution in [0.15, 0.2) is 16.5 Å². The average molecular weight is 235 g/mol. The fraction of sp³-hybridized carbons (Fsp3) is 0.733. The third-order valence-corrected chi connectivity index (χ3v) is 4.04. The Morgan fingerprint density at radius 3 is 2.65 bits per heavy atom. The molecule has 2 unspecified atom stereocenters. The van der Waals surface area contributed by atoms with Crippen molar-refractivity contribution in [3.8, 4) is 0 Å².